The SMILES string of the molecule is C#CCc1csc(C(F)(F)F)n1. The second-order valence-electron chi connectivity index (χ2n) is 2.02. The Labute approximate surface area is 71.2 Å². The first-order valence-electron chi connectivity index (χ1n) is 2.99. The lowest BCUT2D eigenvalue weighted by Crippen LogP contribution is -2.03. The highest BCUT2D eigenvalue weighted by molar-refractivity contribution is 7.09. The molecule has 0 unspecified atom stereocenters. The topological polar surface area (TPSA) is 12.9 Å². The smallest absolute Gasteiger partial charge is 0.236 e. The minimum absolute atomic E-state index is 0.145. The van der Waals surface area contributed by atoms with E-state index >= 15 is 0 Å². The van der Waals surface area contributed by atoms with Crippen molar-refractivity contribution in [3.8, 4) is 12.3 Å². The summed E-state index contributed by atoms with van der Waals surface area (Å²) in [5.41, 5.74) is 0.301. The molecule has 0 aliphatic rings. The highest BCUT2D eigenvalue weighted by Crippen LogP contribution is 2.31. The van der Waals surface area contributed by atoms with E-state index < -0.39 is 11.2 Å². The molecular formula is C7H4F3NS. The van der Waals surface area contributed by atoms with E-state index in [1.165, 1.54) is 5.38 Å². The van der Waals surface area contributed by atoms with Crippen LogP contribution in [0, 0.1) is 12.3 Å². The van der Waals surface area contributed by atoms with Crippen molar-refractivity contribution in [2.24, 2.45) is 0 Å². The van der Waals surface area contributed by atoms with Gasteiger partial charge in [-0.1, -0.05) is 0 Å². The lowest BCUT2D eigenvalue weighted by Gasteiger charge is -1.98. The van der Waals surface area contributed by atoms with Gasteiger partial charge in [0.1, 0.15) is 0 Å². The van der Waals surface area contributed by atoms with Gasteiger partial charge in [0.2, 0.25) is 0 Å². The molecule has 0 amide bonds. The van der Waals surface area contributed by atoms with Crippen molar-refractivity contribution in [1.29, 1.82) is 0 Å². The molecule has 64 valence electrons. The maximum atomic E-state index is 11.9. The standard InChI is InChI=1S/C7H4F3NS/c1-2-3-5-4-12-6(11-5)7(8,9)10/h1,4H,3H2. The summed E-state index contributed by atoms with van der Waals surface area (Å²) in [5, 5.41) is 0.482. The molecule has 0 radical (unpaired) electrons. The minimum Gasteiger partial charge on any atom is -0.236 e. The first kappa shape index (κ1) is 9.07. The van der Waals surface area contributed by atoms with Gasteiger partial charge in [-0.2, -0.15) is 13.2 Å². The number of hydrogen-bond donors (Lipinski definition) is 0. The van der Waals surface area contributed by atoms with Gasteiger partial charge in [0.15, 0.2) is 5.01 Å². The molecule has 0 spiro atoms. The van der Waals surface area contributed by atoms with Gasteiger partial charge >= 0.3 is 6.18 Å². The van der Waals surface area contributed by atoms with Crippen LogP contribution in [0.25, 0.3) is 0 Å². The summed E-state index contributed by atoms with van der Waals surface area (Å²) in [6.07, 6.45) is 0.708. The number of terminal acetylenes is 1. The van der Waals surface area contributed by atoms with Gasteiger partial charge in [-0.15, -0.1) is 23.7 Å². The van der Waals surface area contributed by atoms with E-state index in [0.717, 1.165) is 0 Å². The summed E-state index contributed by atoms with van der Waals surface area (Å²) in [6.45, 7) is 0. The highest BCUT2D eigenvalue weighted by Gasteiger charge is 2.34. The van der Waals surface area contributed by atoms with Crippen LogP contribution in [-0.2, 0) is 12.6 Å². The molecule has 0 saturated heterocycles. The van der Waals surface area contributed by atoms with Gasteiger partial charge in [-0.25, -0.2) is 4.98 Å². The zero-order valence-corrected chi connectivity index (χ0v) is 6.67. The van der Waals surface area contributed by atoms with Crippen LogP contribution in [0.4, 0.5) is 13.2 Å². The second kappa shape index (κ2) is 3.15. The third-order valence-corrected chi connectivity index (χ3v) is 2.01. The number of halogens is 3. The molecule has 0 atom stereocenters. The number of thiazole rings is 1. The van der Waals surface area contributed by atoms with Crippen molar-refractivity contribution < 1.29 is 13.2 Å². The van der Waals surface area contributed by atoms with Gasteiger partial charge in [0.05, 0.1) is 12.1 Å². The van der Waals surface area contributed by atoms with Crippen LogP contribution in [0.15, 0.2) is 5.38 Å². The molecule has 0 aliphatic heterocycles. The lowest BCUT2D eigenvalue weighted by atomic mass is 10.4. The molecule has 1 nitrogen and oxygen atoms in total. The van der Waals surface area contributed by atoms with Crippen LogP contribution < -0.4 is 0 Å². The molecule has 0 bridgehead atoms. The summed E-state index contributed by atoms with van der Waals surface area (Å²) in [6, 6.07) is 0. The molecule has 1 aromatic heterocycles. The summed E-state index contributed by atoms with van der Waals surface area (Å²) >= 11 is 0.565. The van der Waals surface area contributed by atoms with E-state index in [1.807, 2.05) is 0 Å². The van der Waals surface area contributed by atoms with E-state index in [9.17, 15) is 13.2 Å². The van der Waals surface area contributed by atoms with Gasteiger partial charge in [0, 0.05) is 5.38 Å². The number of aromatic nitrogens is 1. The highest BCUT2D eigenvalue weighted by atomic mass is 32.1. The fourth-order valence-corrected chi connectivity index (χ4v) is 1.31. The van der Waals surface area contributed by atoms with E-state index in [-0.39, 0.29) is 6.42 Å². The van der Waals surface area contributed by atoms with Crippen molar-refractivity contribution in [1.82, 2.24) is 4.98 Å². The van der Waals surface area contributed by atoms with E-state index in [1.54, 1.807) is 0 Å². The summed E-state index contributed by atoms with van der Waals surface area (Å²) in [5.74, 6) is 2.23. The van der Waals surface area contributed by atoms with Crippen molar-refractivity contribution in [2.45, 2.75) is 12.6 Å². The van der Waals surface area contributed by atoms with Crippen LogP contribution in [0.5, 0.6) is 0 Å². The Balaban J connectivity index is 2.86. The van der Waals surface area contributed by atoms with Crippen molar-refractivity contribution in [2.75, 3.05) is 0 Å². The average Bonchev–Trinajstić information content (AvgIpc) is 2.35. The van der Waals surface area contributed by atoms with Gasteiger partial charge < -0.3 is 0 Å². The average molecular weight is 191 g/mol. The van der Waals surface area contributed by atoms with E-state index in [2.05, 4.69) is 10.9 Å². The molecular weight excluding hydrogens is 187 g/mol. The Morgan fingerprint density at radius 2 is 2.25 bits per heavy atom. The molecule has 12 heavy (non-hydrogen) atoms. The predicted molar refractivity (Wildman–Crippen MR) is 39.7 cm³/mol. The zero-order chi connectivity index (χ0) is 9.19. The Morgan fingerprint density at radius 1 is 1.58 bits per heavy atom. The van der Waals surface area contributed by atoms with Gasteiger partial charge in [-0.3, -0.25) is 0 Å². The number of hydrogen-bond acceptors (Lipinski definition) is 2. The monoisotopic (exact) mass is 191 g/mol. The van der Waals surface area contributed by atoms with Crippen LogP contribution in [0.3, 0.4) is 0 Å². The molecule has 0 aromatic carbocycles. The number of rotatable bonds is 1. The Morgan fingerprint density at radius 3 is 2.67 bits per heavy atom. The first-order chi connectivity index (χ1) is 5.54. The molecule has 5 heteroatoms. The van der Waals surface area contributed by atoms with Crippen molar-refractivity contribution in [3.05, 3.63) is 16.1 Å². The van der Waals surface area contributed by atoms with Gasteiger partial charge in [-0.05, 0) is 0 Å². The van der Waals surface area contributed by atoms with Crippen LogP contribution >= 0.6 is 11.3 Å². The lowest BCUT2D eigenvalue weighted by molar-refractivity contribution is -0.137. The second-order valence-corrected chi connectivity index (χ2v) is 2.88. The summed E-state index contributed by atoms with van der Waals surface area (Å²) in [7, 11) is 0. The fraction of sp³-hybridized carbons (Fsp3) is 0.286. The molecule has 1 rings (SSSR count). The Bertz CT molecular complexity index is 307. The molecule has 0 fully saturated rings. The van der Waals surface area contributed by atoms with Crippen molar-refractivity contribution in [3.63, 3.8) is 0 Å². The molecule has 0 N–H and O–H groups in total. The molecule has 0 saturated carbocycles. The maximum Gasteiger partial charge on any atom is 0.443 e. The van der Waals surface area contributed by atoms with Crippen LogP contribution in [0.1, 0.15) is 10.7 Å². The number of nitrogens with zero attached hydrogens (tertiary/aromatic N) is 1. The number of alkyl halides is 3. The quantitative estimate of drug-likeness (QED) is 0.621. The molecule has 0 aliphatic carbocycles. The largest absolute Gasteiger partial charge is 0.443 e. The van der Waals surface area contributed by atoms with Crippen molar-refractivity contribution >= 4 is 11.3 Å². The Hall–Kier alpha value is -1.02. The normalized spacial score (nSPS) is 11.2. The Kier molecular flexibility index (Phi) is 2.38. The summed E-state index contributed by atoms with van der Waals surface area (Å²) in [4.78, 5) is 3.32. The predicted octanol–water partition coefficient (Wildman–Crippen LogP) is 2.34. The summed E-state index contributed by atoms with van der Waals surface area (Å²) < 4.78 is 35.8. The fourth-order valence-electron chi connectivity index (χ4n) is 0.623. The van der Waals surface area contributed by atoms with E-state index in [4.69, 9.17) is 6.42 Å². The van der Waals surface area contributed by atoms with Crippen LogP contribution in [0.2, 0.25) is 0 Å². The third kappa shape index (κ3) is 1.98. The third-order valence-electron chi connectivity index (χ3n) is 1.08. The van der Waals surface area contributed by atoms with E-state index in [0.29, 0.717) is 17.0 Å². The maximum absolute atomic E-state index is 11.9. The van der Waals surface area contributed by atoms with Gasteiger partial charge in [0.25, 0.3) is 0 Å². The van der Waals surface area contributed by atoms with Crippen LogP contribution in [-0.4, -0.2) is 4.98 Å². The zero-order valence-electron chi connectivity index (χ0n) is 5.85. The molecule has 1 aromatic rings. The first-order valence-corrected chi connectivity index (χ1v) is 3.87. The minimum atomic E-state index is -4.35. The molecule has 1 heterocycles.